The number of carboxylic acid groups (broad SMARTS) is 1. The molecule has 8 aromatic rings. The quantitative estimate of drug-likeness (QED) is 0.0252. The Morgan fingerprint density at radius 2 is 0.917 bits per heavy atom. The first-order valence-electron chi connectivity index (χ1n) is 42.3. The highest BCUT2D eigenvalue weighted by Gasteiger charge is 2.86. The standard InChI is InChI=1S/C45H56ClN7O6S.C27H40N4O4S.C18H18ClN3O3/c1-42(2,3)59-41(55)52-29-32(28-43(52,4)5)31(15-14-30-10-7-6-8-11-30)18-25-47-35-12-9-13-38(48-35)60(56,57)51-40(54)33-16-17-36(49-39(33)46)53-26-19-37(50-53)58-27-20-34-44(21-22-44)45(34)23-24-45;1-26(2,3)35-25(32)31-19-22(18-27(31,4)5)21(15-14-20-10-7-6-8-11-20)16-17-29-23-12-9-13-24(30-23)36(28,33)34;19-15-11(16(23)24)1-2-13(20-15)22-9-3-14(21-22)25-10-4-12-17(5-6-17)18(12)7-8-18/h6-13,16-17,19,26,31-32,34H,14-15,18,20-25,27-29H2,1-5H3,(H,47,48)(H,51,54);6-13,21-22H,14-19H2,1-5H3,(H,29,30)(H2,28,33,34);1-3,9,12H,4-8,10H2,(H,23,24). The maximum atomic E-state index is 13.4. The van der Waals surface area contributed by atoms with E-state index in [9.17, 15) is 36.0 Å². The highest BCUT2D eigenvalue weighted by molar-refractivity contribution is 7.90. The van der Waals surface area contributed by atoms with E-state index in [2.05, 4.69) is 110 Å². The van der Waals surface area contributed by atoms with Crippen molar-refractivity contribution >= 4 is 78.9 Å². The van der Waals surface area contributed by atoms with Crippen LogP contribution >= 0.6 is 23.2 Å². The lowest BCUT2D eigenvalue weighted by molar-refractivity contribution is 0.0116. The highest BCUT2D eigenvalue weighted by atomic mass is 35.5. The number of carboxylic acids is 1. The fourth-order valence-electron chi connectivity index (χ4n) is 19.8. The molecule has 3 amide bonds. The van der Waals surface area contributed by atoms with Crippen molar-refractivity contribution in [1.29, 1.82) is 0 Å². The topological polar surface area (TPSA) is 350 Å². The minimum absolute atomic E-state index is 0.0264. The predicted molar refractivity (Wildman–Crippen MR) is 461 cm³/mol. The minimum Gasteiger partial charge on any atom is -0.478 e. The van der Waals surface area contributed by atoms with E-state index in [1.165, 1.54) is 96.1 Å². The lowest BCUT2D eigenvalue weighted by atomic mass is 9.81. The molecule has 16 rings (SSSR count). The van der Waals surface area contributed by atoms with Gasteiger partial charge in [0.15, 0.2) is 21.7 Å². The van der Waals surface area contributed by atoms with Crippen molar-refractivity contribution in [2.45, 2.75) is 217 Å². The first kappa shape index (κ1) is 87.9. The second-order valence-corrected chi connectivity index (χ2v) is 41.3. The number of hydrogen-bond donors (Lipinski definition) is 5. The second-order valence-electron chi connectivity index (χ2n) is 37.5. The monoisotopic (exact) mass is 1730 g/mol. The molecule has 4 unspecified atom stereocenters. The number of halogens is 2. The second kappa shape index (κ2) is 34.7. The molecule has 2 aromatic carbocycles. The Morgan fingerprint density at radius 3 is 1.30 bits per heavy atom. The molecular formula is C90H114Cl2N14O13S2. The van der Waals surface area contributed by atoms with Crippen LogP contribution in [0.15, 0.2) is 156 Å². The number of benzene rings is 2. The fourth-order valence-corrected chi connectivity index (χ4v) is 21.7. The van der Waals surface area contributed by atoms with E-state index in [1.54, 1.807) is 60.9 Å². The number of nitrogens with one attached hydrogen (secondary N) is 3. The van der Waals surface area contributed by atoms with Gasteiger partial charge < -0.3 is 44.5 Å². The van der Waals surface area contributed by atoms with Crippen LogP contribution in [0.3, 0.4) is 0 Å². The SMILES string of the molecule is CC(C)(C)OC(=O)N1CC(C(CCNc2cccc(S(=O)(=O)NC(=O)c3ccc(-n4ccc(OCCC5C6(CC6)C56CC6)n4)nc3Cl)n2)CCc2ccccc2)CC1(C)C.CC(C)(C)OC(=O)N1CC(C(CCNc2cccc(S(N)(=O)=O)n2)CCc2ccccc2)CC1(C)C.O=C(O)c1ccc(-n2ccc(OCCC3C4(CC4)C34CC4)n2)nc1Cl. The van der Waals surface area contributed by atoms with E-state index in [1.807, 2.05) is 75.6 Å². The van der Waals surface area contributed by atoms with Crippen molar-refractivity contribution < 1.29 is 60.1 Å². The molecule has 648 valence electrons. The fraction of sp³-hybridized carbons (Fsp3) is 0.533. The number of aromatic carboxylic acids is 1. The number of amides is 3. The van der Waals surface area contributed by atoms with Crippen LogP contribution < -0.4 is 30.0 Å². The number of aryl methyl sites for hydroxylation is 2. The summed E-state index contributed by atoms with van der Waals surface area (Å²) in [6.45, 7) is 23.4. The van der Waals surface area contributed by atoms with Crippen molar-refractivity contribution in [2.24, 2.45) is 62.3 Å². The van der Waals surface area contributed by atoms with Gasteiger partial charge in [0, 0.05) is 61.8 Å². The number of aromatic nitrogens is 8. The number of carbonyl (C=O) groups excluding carboxylic acids is 3. The molecule has 6 saturated carbocycles. The highest BCUT2D eigenvalue weighted by Crippen LogP contribution is 2.94. The van der Waals surface area contributed by atoms with Gasteiger partial charge in [-0.15, -0.1) is 10.2 Å². The third-order valence-corrected chi connectivity index (χ3v) is 28.9. The van der Waals surface area contributed by atoms with Gasteiger partial charge in [0.2, 0.25) is 11.8 Å². The summed E-state index contributed by atoms with van der Waals surface area (Å²) in [5.74, 6) is 3.46. The van der Waals surface area contributed by atoms with Gasteiger partial charge >= 0.3 is 18.2 Å². The Hall–Kier alpha value is -9.42. The smallest absolute Gasteiger partial charge is 0.410 e. The molecule has 4 atom stereocenters. The van der Waals surface area contributed by atoms with Gasteiger partial charge in [-0.05, 0) is 302 Å². The van der Waals surface area contributed by atoms with Gasteiger partial charge in [-0.3, -0.25) is 4.79 Å². The van der Waals surface area contributed by atoms with Gasteiger partial charge in [-0.2, -0.15) is 8.42 Å². The molecule has 121 heavy (non-hydrogen) atoms. The third kappa shape index (κ3) is 20.6. The summed E-state index contributed by atoms with van der Waals surface area (Å²) in [5, 5.41) is 28.9. The Labute approximate surface area is 719 Å². The first-order chi connectivity index (χ1) is 57.3. The van der Waals surface area contributed by atoms with Crippen LogP contribution in [0.2, 0.25) is 10.3 Å². The molecule has 6 aliphatic carbocycles. The predicted octanol–water partition coefficient (Wildman–Crippen LogP) is 16.9. The number of fused-ring (bicyclic) bond motifs is 2. The summed E-state index contributed by atoms with van der Waals surface area (Å²) in [6, 6.07) is 39.6. The number of nitrogens with two attached hydrogens (primary N) is 1. The molecule has 2 saturated heterocycles. The van der Waals surface area contributed by atoms with E-state index in [0.717, 1.165) is 76.0 Å². The van der Waals surface area contributed by atoms with E-state index in [-0.39, 0.29) is 66.6 Å². The molecule has 6 N–H and O–H groups in total. The van der Waals surface area contributed by atoms with Gasteiger partial charge in [0.1, 0.15) is 33.1 Å². The van der Waals surface area contributed by atoms with Crippen LogP contribution in [0.1, 0.15) is 204 Å². The van der Waals surface area contributed by atoms with Crippen molar-refractivity contribution in [3.8, 4) is 23.4 Å². The van der Waals surface area contributed by atoms with E-state index in [0.29, 0.717) is 108 Å². The maximum absolute atomic E-state index is 13.4. The number of nitrogens with zero attached hydrogens (tertiary/aromatic N) is 10. The number of anilines is 2. The van der Waals surface area contributed by atoms with Crippen LogP contribution in [-0.2, 0) is 42.4 Å². The zero-order chi connectivity index (χ0) is 86.3. The van der Waals surface area contributed by atoms with Gasteiger partial charge in [0.25, 0.3) is 26.0 Å². The number of hydrogen-bond acceptors (Lipinski definition) is 20. The summed E-state index contributed by atoms with van der Waals surface area (Å²) >= 11 is 12.3. The third-order valence-electron chi connectivity index (χ3n) is 26.3. The Balaban J connectivity index is 0.000000165. The van der Waals surface area contributed by atoms with Crippen molar-refractivity contribution in [3.05, 3.63) is 178 Å². The van der Waals surface area contributed by atoms with Crippen LogP contribution in [0.4, 0.5) is 21.2 Å². The van der Waals surface area contributed by atoms with Gasteiger partial charge in [-0.1, -0.05) is 96.0 Å². The zero-order valence-electron chi connectivity index (χ0n) is 70.8. The average Bonchev–Trinajstić information content (AvgIpc) is 1.45. The summed E-state index contributed by atoms with van der Waals surface area (Å²) in [7, 11) is -8.24. The van der Waals surface area contributed by atoms with Gasteiger partial charge in [0.05, 0.1) is 24.3 Å². The molecule has 0 bridgehead atoms. The van der Waals surface area contributed by atoms with Crippen molar-refractivity contribution in [1.82, 2.24) is 54.0 Å². The van der Waals surface area contributed by atoms with Gasteiger partial charge in [-0.25, -0.2) is 62.0 Å². The van der Waals surface area contributed by atoms with Crippen molar-refractivity contribution in [3.63, 3.8) is 0 Å². The van der Waals surface area contributed by atoms with Crippen molar-refractivity contribution in [2.75, 3.05) is 50.0 Å². The number of sulfonamides is 2. The normalized spacial score (nSPS) is 20.0. The van der Waals surface area contributed by atoms with E-state index in [4.69, 9.17) is 52.4 Å². The molecular weight excluding hydrogens is 1620 g/mol. The Kier molecular flexibility index (Phi) is 25.2. The number of ether oxygens (including phenoxy) is 4. The summed E-state index contributed by atoms with van der Waals surface area (Å²) < 4.78 is 78.5. The van der Waals surface area contributed by atoms with Crippen LogP contribution in [0, 0.1) is 57.2 Å². The minimum atomic E-state index is -4.38. The summed E-state index contributed by atoms with van der Waals surface area (Å²) in [5.41, 5.74) is 3.30. The molecule has 8 heterocycles. The van der Waals surface area contributed by atoms with Crippen LogP contribution in [-0.4, -0.2) is 157 Å². The Morgan fingerprint density at radius 1 is 0.521 bits per heavy atom. The van der Waals surface area contributed by atoms with Crippen LogP contribution in [0.5, 0.6) is 11.8 Å². The maximum Gasteiger partial charge on any atom is 0.410 e. The number of pyridine rings is 4. The molecule has 27 nitrogen and oxygen atoms in total. The van der Waals surface area contributed by atoms with Crippen LogP contribution in [0.25, 0.3) is 11.6 Å². The lowest BCUT2D eigenvalue weighted by Gasteiger charge is -2.33. The molecule has 31 heteroatoms. The first-order valence-corrected chi connectivity index (χ1v) is 46.1. The molecule has 8 fully saturated rings. The van der Waals surface area contributed by atoms with E-state index >= 15 is 0 Å². The lowest BCUT2D eigenvalue weighted by Crippen LogP contribution is -2.45. The Bertz CT molecular complexity index is 5280. The molecule has 0 radical (unpaired) electrons. The molecule has 4 spiro atoms. The largest absolute Gasteiger partial charge is 0.478 e. The summed E-state index contributed by atoms with van der Waals surface area (Å²) in [4.78, 5) is 71.0. The number of rotatable bonds is 31. The summed E-state index contributed by atoms with van der Waals surface area (Å²) in [6.07, 6.45) is 23.3. The molecule has 6 aromatic heterocycles. The van der Waals surface area contributed by atoms with E-state index < -0.39 is 43.1 Å². The number of likely N-dealkylation sites (tertiary alicyclic amines) is 2. The molecule has 2 aliphatic heterocycles. The number of primary sulfonamides is 1. The average molecular weight is 1740 g/mol. The number of carbonyl (C=O) groups is 4. The zero-order valence-corrected chi connectivity index (χ0v) is 73.9. The molecule has 8 aliphatic rings.